The fourth-order valence-electron chi connectivity index (χ4n) is 9.77. The third kappa shape index (κ3) is 12.6. The number of fused-ring (bicyclic) bond motifs is 14. The molecule has 15 nitrogen and oxygen atoms in total. The molecule has 1 saturated heterocycles. The lowest BCUT2D eigenvalue weighted by Crippen LogP contribution is -2.46. The molecule has 9 atom stereocenters. The molecule has 5 bridgehead atoms. The molecule has 15 heteroatoms. The molecular weight excluding hydrogens is 871 g/mol. The van der Waals surface area contributed by atoms with Crippen LogP contribution in [0.25, 0.3) is 10.8 Å². The molecule has 2 aromatic carbocycles. The summed E-state index contributed by atoms with van der Waals surface area (Å²) in [4.78, 5) is 41.1. The number of aliphatic hydroxyl groups is 2. The highest BCUT2D eigenvalue weighted by atomic mass is 16.7. The van der Waals surface area contributed by atoms with Gasteiger partial charge in [-0.2, -0.15) is 5.10 Å². The summed E-state index contributed by atoms with van der Waals surface area (Å²) >= 11 is 0. The van der Waals surface area contributed by atoms with Gasteiger partial charge in [0, 0.05) is 74.2 Å². The number of ether oxygens (including phenoxy) is 4. The maximum Gasteiger partial charge on any atom is 0.312 e. The lowest BCUT2D eigenvalue weighted by atomic mass is 9.78. The number of aliphatic hydroxyl groups excluding tert-OH is 2. The van der Waals surface area contributed by atoms with E-state index in [9.17, 15) is 39.9 Å². The summed E-state index contributed by atoms with van der Waals surface area (Å²) in [7, 11) is 1.45. The molecule has 0 saturated carbocycles. The van der Waals surface area contributed by atoms with Crippen LogP contribution in [0.3, 0.4) is 0 Å². The summed E-state index contributed by atoms with van der Waals surface area (Å²) in [6.07, 6.45) is 19.9. The molecule has 0 aliphatic carbocycles. The van der Waals surface area contributed by atoms with E-state index in [0.717, 1.165) is 38.5 Å². The van der Waals surface area contributed by atoms with Crippen molar-refractivity contribution >= 4 is 40.3 Å². The molecule has 4 aliphatic heterocycles. The largest absolute Gasteiger partial charge is 0.507 e. The Balaban J connectivity index is 1.66. The van der Waals surface area contributed by atoms with Gasteiger partial charge in [0.1, 0.15) is 23.4 Å². The van der Waals surface area contributed by atoms with Crippen molar-refractivity contribution in [1.82, 2.24) is 5.01 Å². The number of ketones is 1. The Bertz CT molecular complexity index is 2200. The summed E-state index contributed by atoms with van der Waals surface area (Å²) in [5, 5.41) is 68.4. The van der Waals surface area contributed by atoms with Crippen molar-refractivity contribution in [1.29, 1.82) is 0 Å². The number of methoxy groups -OCH3 is 1. The molecule has 376 valence electrons. The molecule has 1 amide bonds. The molecule has 1 fully saturated rings. The summed E-state index contributed by atoms with van der Waals surface area (Å²) in [6, 6.07) is 0. The number of carbonyl (C=O) groups is 3. The summed E-state index contributed by atoms with van der Waals surface area (Å²) in [5.74, 6) is -8.23. The van der Waals surface area contributed by atoms with Crippen molar-refractivity contribution in [2.24, 2.45) is 28.8 Å². The summed E-state index contributed by atoms with van der Waals surface area (Å²) in [5.41, 5.74) is -0.238. The molecule has 4 heterocycles. The Kier molecular flexibility index (Phi) is 19.3. The number of allylic oxidation sites excluding steroid dienone is 2. The van der Waals surface area contributed by atoms with E-state index in [2.05, 4.69) is 5.32 Å². The van der Waals surface area contributed by atoms with Crippen LogP contribution in [0.4, 0.5) is 5.69 Å². The van der Waals surface area contributed by atoms with E-state index in [1.54, 1.807) is 46.8 Å². The minimum atomic E-state index is -2.05. The highest BCUT2D eigenvalue weighted by Gasteiger charge is 2.50. The highest BCUT2D eigenvalue weighted by Crippen LogP contribution is 2.55. The van der Waals surface area contributed by atoms with Gasteiger partial charge in [0.25, 0.3) is 11.7 Å². The Hall–Kier alpha value is -5.12. The van der Waals surface area contributed by atoms with Crippen LogP contribution in [0.1, 0.15) is 153 Å². The average Bonchev–Trinajstić information content (AvgIpc) is 3.57. The second-order valence-electron chi connectivity index (χ2n) is 19.4. The minimum absolute atomic E-state index is 0.0696. The van der Waals surface area contributed by atoms with Crippen LogP contribution < -0.4 is 10.1 Å². The van der Waals surface area contributed by atoms with Gasteiger partial charge in [-0.1, -0.05) is 117 Å². The maximum absolute atomic E-state index is 14.7. The van der Waals surface area contributed by atoms with Gasteiger partial charge in [0.15, 0.2) is 5.75 Å². The molecule has 0 aromatic heterocycles. The number of Topliss-reactive ketones (excluding diaryl/α,β-unsaturated/α-hetero) is 1. The van der Waals surface area contributed by atoms with Crippen LogP contribution >= 0.6 is 0 Å². The monoisotopic (exact) mass is 948 g/mol. The highest BCUT2D eigenvalue weighted by molar-refractivity contribution is 6.23. The van der Waals surface area contributed by atoms with E-state index < -0.39 is 88.8 Å². The van der Waals surface area contributed by atoms with Crippen molar-refractivity contribution in [2.45, 2.75) is 169 Å². The predicted octanol–water partition coefficient (Wildman–Crippen LogP) is 9.47. The first-order valence-electron chi connectivity index (χ1n) is 24.7. The maximum atomic E-state index is 14.7. The number of hydrogen-bond acceptors (Lipinski definition) is 14. The topological polar surface area (TPSA) is 217 Å². The van der Waals surface area contributed by atoms with E-state index in [1.807, 2.05) is 5.01 Å². The average molecular weight is 948 g/mol. The molecule has 6 N–H and O–H groups in total. The number of hydrazone groups is 1. The second kappa shape index (κ2) is 24.4. The Morgan fingerprint density at radius 3 is 1.94 bits per heavy atom. The SMILES string of the molecule is COC1/C=C/OC2(C)Oc3c(C)c(O)c4c(O)c(c(C=NN5CCCCCCCCCCCCCCC5)c(O)c4c3C2=O)NC(=O)/C(C)=C/C=C/C(C)C(O)C(C)C(O)C(C)C(OC(C)=O)C1C. The van der Waals surface area contributed by atoms with E-state index in [-0.39, 0.29) is 44.5 Å². The lowest BCUT2D eigenvalue weighted by molar-refractivity contribution is -0.160. The number of carbonyl (C=O) groups excluding carboxylic acids is 3. The van der Waals surface area contributed by atoms with Gasteiger partial charge >= 0.3 is 11.8 Å². The lowest BCUT2D eigenvalue weighted by Gasteiger charge is -2.38. The molecule has 0 radical (unpaired) electrons. The van der Waals surface area contributed by atoms with Crippen molar-refractivity contribution in [3.8, 4) is 23.0 Å². The number of phenolic OH excluding ortho intramolecular Hbond substituents is 3. The summed E-state index contributed by atoms with van der Waals surface area (Å²) < 4.78 is 23.9. The second-order valence-corrected chi connectivity index (χ2v) is 19.4. The zero-order chi connectivity index (χ0) is 49.9. The molecule has 68 heavy (non-hydrogen) atoms. The van der Waals surface area contributed by atoms with E-state index >= 15 is 0 Å². The number of hydrogen-bond donors (Lipinski definition) is 6. The Morgan fingerprint density at radius 2 is 1.38 bits per heavy atom. The molecule has 6 rings (SSSR count). The number of nitrogens with zero attached hydrogens (tertiary/aromatic N) is 2. The van der Waals surface area contributed by atoms with E-state index in [1.165, 1.54) is 97.5 Å². The number of anilines is 1. The molecular formula is C53H77N3O12. The van der Waals surface area contributed by atoms with Gasteiger partial charge in [-0.3, -0.25) is 19.4 Å². The normalized spacial score (nSPS) is 30.9. The fraction of sp³-hybridized carbons (Fsp3) is 0.623. The van der Waals surface area contributed by atoms with Gasteiger partial charge in [0.2, 0.25) is 0 Å². The van der Waals surface area contributed by atoms with Gasteiger partial charge in [0.05, 0.1) is 53.0 Å². The van der Waals surface area contributed by atoms with Crippen LogP contribution in [0.15, 0.2) is 41.2 Å². The fourth-order valence-corrected chi connectivity index (χ4v) is 9.77. The van der Waals surface area contributed by atoms with E-state index in [4.69, 9.17) is 24.0 Å². The quantitative estimate of drug-likeness (QED) is 0.0730. The Labute approximate surface area is 402 Å². The van der Waals surface area contributed by atoms with Gasteiger partial charge in [-0.05, 0) is 32.8 Å². The molecule has 2 aromatic rings. The van der Waals surface area contributed by atoms with Crippen molar-refractivity contribution < 1.29 is 58.9 Å². The van der Waals surface area contributed by atoms with Gasteiger partial charge < -0.3 is 49.8 Å². The Morgan fingerprint density at radius 1 is 0.809 bits per heavy atom. The van der Waals surface area contributed by atoms with Crippen molar-refractivity contribution in [3.05, 3.63) is 52.8 Å². The number of rotatable bonds is 4. The molecule has 9 unspecified atom stereocenters. The van der Waals surface area contributed by atoms with Crippen LogP contribution in [-0.4, -0.2) is 105 Å². The minimum Gasteiger partial charge on any atom is -0.507 e. The van der Waals surface area contributed by atoms with E-state index in [0.29, 0.717) is 13.1 Å². The number of nitrogens with one attached hydrogen (secondary N) is 1. The smallest absolute Gasteiger partial charge is 0.312 e. The van der Waals surface area contributed by atoms with Crippen molar-refractivity contribution in [3.63, 3.8) is 0 Å². The zero-order valence-corrected chi connectivity index (χ0v) is 41.7. The number of esters is 1. The molecule has 4 aliphatic rings. The van der Waals surface area contributed by atoms with Gasteiger partial charge in [-0.15, -0.1) is 0 Å². The van der Waals surface area contributed by atoms with Crippen LogP contribution in [0.2, 0.25) is 0 Å². The standard InChI is InChI=1S/C53H77N3O12/c1-31-24-23-25-32(2)52(64)55-43-38(30-54-56-27-21-19-17-15-13-11-10-12-14-16-18-20-22-28-56)47(61)40-41(48(43)62)46(60)36(6)50-42(40)51(63)53(8,68-50)66-29-26-39(65-9)33(3)49(67-37(7)57)35(5)45(59)34(4)44(31)58/h23-26,29-31,33-35,39,44-45,49,58-62H,10-22,27-28H2,1-9H3,(H,55,64)/b24-23+,29-26+,32-25+,54-30?. The first kappa shape index (κ1) is 53.8. The number of phenols is 3. The number of aromatic hydroxyl groups is 3. The van der Waals surface area contributed by atoms with Crippen LogP contribution in [0.5, 0.6) is 23.0 Å². The summed E-state index contributed by atoms with van der Waals surface area (Å²) in [6.45, 7) is 14.0. The number of amides is 1. The first-order chi connectivity index (χ1) is 32.3. The first-order valence-corrected chi connectivity index (χ1v) is 24.7. The third-order valence-electron chi connectivity index (χ3n) is 14.2. The van der Waals surface area contributed by atoms with Crippen LogP contribution in [0, 0.1) is 30.6 Å². The molecule has 0 spiro atoms. The third-order valence-corrected chi connectivity index (χ3v) is 14.2. The van der Waals surface area contributed by atoms with Gasteiger partial charge in [-0.25, -0.2) is 0 Å². The van der Waals surface area contributed by atoms with Crippen LogP contribution in [-0.2, 0) is 23.8 Å². The predicted molar refractivity (Wildman–Crippen MR) is 263 cm³/mol. The number of benzene rings is 2. The van der Waals surface area contributed by atoms with Crippen molar-refractivity contribution in [2.75, 3.05) is 25.5 Å². The zero-order valence-electron chi connectivity index (χ0n) is 41.7.